The van der Waals surface area contributed by atoms with Crippen molar-refractivity contribution in [1.29, 1.82) is 0 Å². The average molecular weight is 616 g/mol. The lowest BCUT2D eigenvalue weighted by Gasteiger charge is -2.17. The quantitative estimate of drug-likeness (QED) is 0.123. The standard InChI is InChI=1S/C24H32F5N5.C7H16.C2H6/c1-5-9-32-16(4)22-21(34(11-10-31-6-2)23(33-22)24(27,28)29)8-7-18(30)13-17-12-15(3)19(25)14-20(17)26;1-3-5-7-6-4-2;1-2/h6,12,14,18,31-32H,2,4-5,7-11,13,30H2,1,3H3;3-7H2,1-2H3;1-2H3. The van der Waals surface area contributed by atoms with E-state index in [-0.39, 0.29) is 43.6 Å². The number of halogens is 5. The minimum atomic E-state index is -4.66. The smallest absolute Gasteiger partial charge is 0.390 e. The molecule has 0 saturated carbocycles. The van der Waals surface area contributed by atoms with Crippen molar-refractivity contribution >= 4 is 5.70 Å². The molecule has 1 aromatic carbocycles. The number of unbranched alkanes of at least 4 members (excludes halogenated alkanes) is 4. The molecule has 0 aliphatic carbocycles. The van der Waals surface area contributed by atoms with Crippen LogP contribution >= 0.6 is 0 Å². The number of nitrogens with one attached hydrogen (secondary N) is 2. The lowest BCUT2D eigenvalue weighted by molar-refractivity contribution is -0.147. The molecule has 43 heavy (non-hydrogen) atoms. The number of nitrogens with two attached hydrogens (primary N) is 1. The van der Waals surface area contributed by atoms with E-state index in [1.54, 1.807) is 0 Å². The first kappa shape index (κ1) is 40.1. The second kappa shape index (κ2) is 21.8. The fraction of sp³-hybridized carbons (Fsp3) is 0.606. The number of imidazole rings is 1. The van der Waals surface area contributed by atoms with Crippen molar-refractivity contribution in [1.82, 2.24) is 20.2 Å². The van der Waals surface area contributed by atoms with Gasteiger partial charge in [-0.3, -0.25) is 0 Å². The fourth-order valence-electron chi connectivity index (χ4n) is 4.33. The monoisotopic (exact) mass is 615 g/mol. The van der Waals surface area contributed by atoms with Crippen LogP contribution in [-0.4, -0.2) is 28.7 Å². The van der Waals surface area contributed by atoms with Crippen molar-refractivity contribution in [3.05, 3.63) is 71.5 Å². The number of aromatic nitrogens is 2. The molecule has 246 valence electrons. The van der Waals surface area contributed by atoms with Crippen LogP contribution in [0.15, 0.2) is 31.5 Å². The average Bonchev–Trinajstić information content (AvgIpc) is 3.34. The molecule has 0 aliphatic heterocycles. The van der Waals surface area contributed by atoms with Crippen molar-refractivity contribution in [2.75, 3.05) is 13.1 Å². The predicted octanol–water partition coefficient (Wildman–Crippen LogP) is 8.70. The van der Waals surface area contributed by atoms with Gasteiger partial charge in [0.2, 0.25) is 5.82 Å². The van der Waals surface area contributed by atoms with E-state index in [2.05, 4.69) is 42.6 Å². The van der Waals surface area contributed by atoms with Crippen LogP contribution in [-0.2, 0) is 25.6 Å². The number of rotatable bonds is 17. The predicted molar refractivity (Wildman–Crippen MR) is 170 cm³/mol. The summed E-state index contributed by atoms with van der Waals surface area (Å²) in [6, 6.07) is 1.66. The van der Waals surface area contributed by atoms with Gasteiger partial charge >= 0.3 is 6.18 Å². The molecule has 0 aliphatic rings. The highest BCUT2D eigenvalue weighted by molar-refractivity contribution is 5.61. The molecule has 5 nitrogen and oxygen atoms in total. The summed E-state index contributed by atoms with van der Waals surface area (Å²) in [5, 5.41) is 5.81. The summed E-state index contributed by atoms with van der Waals surface area (Å²) in [7, 11) is 0. The zero-order valence-electron chi connectivity index (χ0n) is 27.1. The van der Waals surface area contributed by atoms with Gasteiger partial charge in [-0.2, -0.15) is 13.2 Å². The van der Waals surface area contributed by atoms with E-state index >= 15 is 0 Å². The van der Waals surface area contributed by atoms with Crippen LogP contribution in [0.5, 0.6) is 0 Å². The Balaban J connectivity index is 0.00000171. The van der Waals surface area contributed by atoms with Crippen molar-refractivity contribution < 1.29 is 22.0 Å². The van der Waals surface area contributed by atoms with Gasteiger partial charge in [0, 0.05) is 37.4 Å². The van der Waals surface area contributed by atoms with Gasteiger partial charge in [0.25, 0.3) is 0 Å². The van der Waals surface area contributed by atoms with Gasteiger partial charge < -0.3 is 20.9 Å². The lowest BCUT2D eigenvalue weighted by atomic mass is 9.99. The van der Waals surface area contributed by atoms with E-state index in [0.29, 0.717) is 23.5 Å². The molecular formula is C33H54F5N5. The van der Waals surface area contributed by atoms with Crippen molar-refractivity contribution in [2.45, 2.75) is 118 Å². The molecule has 10 heteroatoms. The van der Waals surface area contributed by atoms with Crippen molar-refractivity contribution in [2.24, 2.45) is 5.73 Å². The fourth-order valence-corrected chi connectivity index (χ4v) is 4.33. The Bertz CT molecular complexity index is 1070. The van der Waals surface area contributed by atoms with Gasteiger partial charge in [-0.05, 0) is 49.9 Å². The molecule has 0 bridgehead atoms. The molecule has 0 saturated heterocycles. The molecule has 1 atom stereocenters. The van der Waals surface area contributed by atoms with Crippen LogP contribution < -0.4 is 16.4 Å². The van der Waals surface area contributed by atoms with E-state index < -0.39 is 29.7 Å². The number of hydrogen-bond donors (Lipinski definition) is 3. The van der Waals surface area contributed by atoms with Crippen LogP contribution in [0, 0.1) is 18.6 Å². The van der Waals surface area contributed by atoms with Crippen LogP contribution in [0.4, 0.5) is 22.0 Å². The first-order valence-corrected chi connectivity index (χ1v) is 15.5. The Kier molecular flexibility index (Phi) is 20.3. The number of alkyl halides is 3. The van der Waals surface area contributed by atoms with Crippen molar-refractivity contribution in [3.63, 3.8) is 0 Å². The number of aryl methyl sites for hydroxylation is 1. The largest absolute Gasteiger partial charge is 0.449 e. The normalized spacial score (nSPS) is 11.5. The molecule has 0 fully saturated rings. The molecule has 0 radical (unpaired) electrons. The Morgan fingerprint density at radius 1 is 1.02 bits per heavy atom. The molecule has 0 amide bonds. The Morgan fingerprint density at radius 3 is 2.19 bits per heavy atom. The van der Waals surface area contributed by atoms with E-state index in [1.807, 2.05) is 20.8 Å². The highest BCUT2D eigenvalue weighted by Crippen LogP contribution is 2.32. The molecule has 1 unspecified atom stereocenters. The summed E-state index contributed by atoms with van der Waals surface area (Å²) in [4.78, 5) is 3.89. The molecule has 4 N–H and O–H groups in total. The number of benzene rings is 1. The van der Waals surface area contributed by atoms with E-state index in [0.717, 1.165) is 17.1 Å². The minimum absolute atomic E-state index is 0.00524. The van der Waals surface area contributed by atoms with Crippen LogP contribution in [0.1, 0.15) is 108 Å². The summed E-state index contributed by atoms with van der Waals surface area (Å²) in [5.41, 5.74) is 7.55. The molecule has 2 aromatic rings. The Labute approximate surface area is 256 Å². The molecule has 1 heterocycles. The summed E-state index contributed by atoms with van der Waals surface area (Å²) in [5.74, 6) is -2.36. The summed E-state index contributed by atoms with van der Waals surface area (Å²) >= 11 is 0. The SMILES string of the molecule is C=CNCCn1c(C(F)(F)F)nc(C(=C)NCCC)c1CCC(N)Cc1cc(C)c(F)cc1F.CC.CCCCCCC. The zero-order valence-corrected chi connectivity index (χ0v) is 27.1. The van der Waals surface area contributed by atoms with Crippen LogP contribution in [0.2, 0.25) is 0 Å². The second-order valence-electron chi connectivity index (χ2n) is 10.2. The second-order valence-corrected chi connectivity index (χ2v) is 10.2. The highest BCUT2D eigenvalue weighted by Gasteiger charge is 2.39. The first-order valence-electron chi connectivity index (χ1n) is 15.5. The summed E-state index contributed by atoms with van der Waals surface area (Å²) in [6.07, 6.45) is 5.07. The first-order chi connectivity index (χ1) is 20.4. The number of nitrogens with zero attached hydrogens (tertiary/aromatic N) is 2. The maximum absolute atomic E-state index is 14.1. The van der Waals surface area contributed by atoms with E-state index in [1.165, 1.54) is 51.3 Å². The molecule has 2 rings (SSSR count). The van der Waals surface area contributed by atoms with Gasteiger partial charge in [-0.1, -0.05) is 85.9 Å². The van der Waals surface area contributed by atoms with Gasteiger partial charge in [-0.25, -0.2) is 13.8 Å². The van der Waals surface area contributed by atoms with Gasteiger partial charge in [-0.15, -0.1) is 0 Å². The maximum atomic E-state index is 14.1. The van der Waals surface area contributed by atoms with E-state index in [9.17, 15) is 22.0 Å². The third kappa shape index (κ3) is 14.4. The third-order valence-corrected chi connectivity index (χ3v) is 6.59. The minimum Gasteiger partial charge on any atom is -0.390 e. The lowest BCUT2D eigenvalue weighted by Crippen LogP contribution is -2.26. The maximum Gasteiger partial charge on any atom is 0.449 e. The number of hydrogen-bond acceptors (Lipinski definition) is 4. The van der Waals surface area contributed by atoms with Crippen LogP contribution in [0.3, 0.4) is 0 Å². The molecule has 1 aromatic heterocycles. The third-order valence-electron chi connectivity index (χ3n) is 6.59. The Hall–Kier alpha value is -2.88. The molecular weight excluding hydrogens is 561 g/mol. The Morgan fingerprint density at radius 2 is 1.65 bits per heavy atom. The summed E-state index contributed by atoms with van der Waals surface area (Å²) in [6.45, 7) is 20.1. The highest BCUT2D eigenvalue weighted by atomic mass is 19.4. The molecule has 0 spiro atoms. The van der Waals surface area contributed by atoms with E-state index in [4.69, 9.17) is 5.73 Å². The summed E-state index contributed by atoms with van der Waals surface area (Å²) < 4.78 is 70.2. The zero-order chi connectivity index (χ0) is 33.0. The van der Waals surface area contributed by atoms with Crippen molar-refractivity contribution in [3.8, 4) is 0 Å². The van der Waals surface area contributed by atoms with Crippen LogP contribution in [0.25, 0.3) is 5.70 Å². The topological polar surface area (TPSA) is 67.9 Å². The van der Waals surface area contributed by atoms with Gasteiger partial charge in [0.1, 0.15) is 17.3 Å². The van der Waals surface area contributed by atoms with Gasteiger partial charge in [0.05, 0.1) is 5.70 Å². The van der Waals surface area contributed by atoms with Gasteiger partial charge in [0.15, 0.2) is 0 Å².